The van der Waals surface area contributed by atoms with Crippen molar-refractivity contribution < 1.29 is 37.3 Å². The molecule has 8 rings (SSSR count). The number of rotatable bonds is 6. The fourth-order valence-electron chi connectivity index (χ4n) is 7.74. The summed E-state index contributed by atoms with van der Waals surface area (Å²) >= 11 is 6.18. The van der Waals surface area contributed by atoms with Crippen LogP contribution >= 0.6 is 11.6 Å². The standard InChI is InChI=1S/C37H36ClF3N10O6/c1-19-23(5-7-26(44-19)48-12-14-56-15-13-48)32-46-35-50(17-27(52)45-25-6-4-22(16-24(25)38)37(39,40)41)30-21(3)57-36(28(30)33(54)51(35)47-32)8-10-49(11-9-36)34(55)29-31(53)20(2)42-18-43-29/h4-7,16,18,21,53H,8-15,17H2,1-3H3,(H,45,52). The van der Waals surface area contributed by atoms with Crippen LogP contribution < -0.4 is 15.8 Å². The second-order valence-corrected chi connectivity index (χ2v) is 14.6. The first-order valence-corrected chi connectivity index (χ1v) is 18.5. The number of nitrogens with one attached hydrogen (secondary N) is 1. The van der Waals surface area contributed by atoms with E-state index in [0.717, 1.165) is 28.5 Å². The number of likely N-dealkylation sites (tertiary alicyclic amines) is 1. The maximum Gasteiger partial charge on any atom is 0.416 e. The van der Waals surface area contributed by atoms with Crippen LogP contribution in [0, 0.1) is 13.8 Å². The number of alkyl halides is 3. The van der Waals surface area contributed by atoms with E-state index in [1.807, 2.05) is 12.1 Å². The first-order valence-electron chi connectivity index (χ1n) is 18.1. The molecule has 20 heteroatoms. The molecule has 2 N–H and O–H groups in total. The lowest BCUT2D eigenvalue weighted by atomic mass is 9.85. The Morgan fingerprint density at radius 3 is 2.46 bits per heavy atom. The fourth-order valence-corrected chi connectivity index (χ4v) is 7.97. The van der Waals surface area contributed by atoms with E-state index in [0.29, 0.717) is 43.3 Å². The van der Waals surface area contributed by atoms with Crippen LogP contribution in [0.1, 0.15) is 64.6 Å². The van der Waals surface area contributed by atoms with Crippen molar-refractivity contribution in [3.8, 4) is 17.1 Å². The minimum atomic E-state index is -4.64. The van der Waals surface area contributed by atoms with E-state index in [9.17, 15) is 32.7 Å². The van der Waals surface area contributed by atoms with E-state index in [1.165, 1.54) is 15.8 Å². The molecule has 57 heavy (non-hydrogen) atoms. The third-order valence-electron chi connectivity index (χ3n) is 10.6. The quantitative estimate of drug-likeness (QED) is 0.247. The molecule has 0 saturated carbocycles. The van der Waals surface area contributed by atoms with E-state index >= 15 is 0 Å². The Morgan fingerprint density at radius 1 is 1.04 bits per heavy atom. The van der Waals surface area contributed by atoms with E-state index in [2.05, 4.69) is 25.3 Å². The molecule has 7 heterocycles. The molecule has 1 aromatic carbocycles. The smallest absolute Gasteiger partial charge is 0.416 e. The molecule has 3 aliphatic rings. The average Bonchev–Trinajstić information content (AvgIpc) is 3.75. The molecule has 2 amide bonds. The summed E-state index contributed by atoms with van der Waals surface area (Å²) in [6.07, 6.45) is -3.82. The van der Waals surface area contributed by atoms with Crippen LogP contribution in [-0.4, -0.2) is 95.3 Å². The SMILES string of the molecule is Cc1nc(N2CCOCC2)ccc1-c1nc2n(CC(=O)Nc3ccc(C(F)(F)F)cc3Cl)c3c(c(=O)n2n1)C1(CCN(C(=O)c2ncnc(C)c2O)CC1)OC3C. The molecule has 4 aromatic heterocycles. The number of hydrogen-bond donors (Lipinski definition) is 2. The molecular formula is C37H36ClF3N10O6. The second kappa shape index (κ2) is 14.4. The third-order valence-corrected chi connectivity index (χ3v) is 10.9. The number of nitrogens with zero attached hydrogens (tertiary/aromatic N) is 9. The highest BCUT2D eigenvalue weighted by molar-refractivity contribution is 6.33. The number of aromatic nitrogens is 7. The van der Waals surface area contributed by atoms with Gasteiger partial charge in [0.05, 0.1) is 58.2 Å². The summed E-state index contributed by atoms with van der Waals surface area (Å²) in [5.41, 5.74) is -0.866. The number of carbonyl (C=O) groups excluding carboxylic acids is 2. The minimum Gasteiger partial charge on any atom is -0.504 e. The van der Waals surface area contributed by atoms with Gasteiger partial charge in [0.15, 0.2) is 17.3 Å². The first kappa shape index (κ1) is 38.2. The number of pyridine rings is 1. The van der Waals surface area contributed by atoms with Gasteiger partial charge in [-0.1, -0.05) is 11.6 Å². The van der Waals surface area contributed by atoms with Crippen LogP contribution in [0.25, 0.3) is 17.2 Å². The van der Waals surface area contributed by atoms with Gasteiger partial charge in [0, 0.05) is 31.7 Å². The molecule has 0 radical (unpaired) electrons. The number of ether oxygens (including phenoxy) is 2. The zero-order chi connectivity index (χ0) is 40.4. The Labute approximate surface area is 327 Å². The number of aryl methyl sites for hydroxylation is 2. The second-order valence-electron chi connectivity index (χ2n) is 14.1. The van der Waals surface area contributed by atoms with Crippen molar-refractivity contribution in [1.29, 1.82) is 0 Å². The molecule has 3 aliphatic heterocycles. The summed E-state index contributed by atoms with van der Waals surface area (Å²) in [5.74, 6) is -0.539. The van der Waals surface area contributed by atoms with Crippen LogP contribution in [-0.2, 0) is 32.6 Å². The highest BCUT2D eigenvalue weighted by Crippen LogP contribution is 2.48. The number of benzene rings is 1. The zero-order valence-corrected chi connectivity index (χ0v) is 31.7. The normalized spacial score (nSPS) is 18.0. The third kappa shape index (κ3) is 6.82. The van der Waals surface area contributed by atoms with Crippen molar-refractivity contribution >= 4 is 40.7 Å². The monoisotopic (exact) mass is 808 g/mol. The van der Waals surface area contributed by atoms with Crippen molar-refractivity contribution in [2.24, 2.45) is 0 Å². The molecule has 16 nitrogen and oxygen atoms in total. The number of halogens is 4. The van der Waals surface area contributed by atoms with Gasteiger partial charge < -0.3 is 34.3 Å². The molecule has 5 aromatic rings. The van der Waals surface area contributed by atoms with Crippen molar-refractivity contribution in [3.63, 3.8) is 0 Å². The number of morpholine rings is 1. The Bertz CT molecular complexity index is 2490. The van der Waals surface area contributed by atoms with Crippen LogP contribution in [0.5, 0.6) is 5.75 Å². The molecule has 0 aliphatic carbocycles. The Morgan fingerprint density at radius 2 is 1.77 bits per heavy atom. The molecular weight excluding hydrogens is 773 g/mol. The fraction of sp³-hybridized carbons (Fsp3) is 0.405. The topological polar surface area (TPSA) is 182 Å². The molecule has 1 spiro atoms. The van der Waals surface area contributed by atoms with E-state index in [4.69, 9.17) is 31.0 Å². The lowest BCUT2D eigenvalue weighted by Crippen LogP contribution is -2.47. The lowest BCUT2D eigenvalue weighted by Gasteiger charge is -2.39. The van der Waals surface area contributed by atoms with Gasteiger partial charge in [0.1, 0.15) is 24.3 Å². The summed E-state index contributed by atoms with van der Waals surface area (Å²) in [6.45, 7) is 7.45. The highest BCUT2D eigenvalue weighted by Gasteiger charge is 2.51. The number of fused-ring (bicyclic) bond motifs is 3. The van der Waals surface area contributed by atoms with Crippen molar-refractivity contribution in [1.82, 2.24) is 39.0 Å². The van der Waals surface area contributed by atoms with E-state index < -0.39 is 47.4 Å². The Hall–Kier alpha value is -5.66. The molecule has 2 fully saturated rings. The highest BCUT2D eigenvalue weighted by atomic mass is 35.5. The summed E-state index contributed by atoms with van der Waals surface area (Å²) in [7, 11) is 0. The lowest BCUT2D eigenvalue weighted by molar-refractivity contribution is -0.137. The largest absolute Gasteiger partial charge is 0.504 e. The van der Waals surface area contributed by atoms with Gasteiger partial charge >= 0.3 is 6.18 Å². The van der Waals surface area contributed by atoms with Gasteiger partial charge in [-0.15, -0.1) is 5.10 Å². The maximum atomic E-state index is 14.6. The summed E-state index contributed by atoms with van der Waals surface area (Å²) in [4.78, 5) is 62.9. The molecule has 298 valence electrons. The van der Waals surface area contributed by atoms with Gasteiger partial charge in [0.2, 0.25) is 11.7 Å². The van der Waals surface area contributed by atoms with Gasteiger partial charge in [-0.05, 0) is 63.9 Å². The van der Waals surface area contributed by atoms with Gasteiger partial charge in [-0.2, -0.15) is 22.7 Å². The number of aromatic hydroxyl groups is 1. The average molecular weight is 809 g/mol. The zero-order valence-electron chi connectivity index (χ0n) is 30.9. The Kier molecular flexibility index (Phi) is 9.64. The van der Waals surface area contributed by atoms with Gasteiger partial charge in [0.25, 0.3) is 11.5 Å². The van der Waals surface area contributed by atoms with Crippen LogP contribution in [0.15, 0.2) is 41.5 Å². The predicted octanol–water partition coefficient (Wildman–Crippen LogP) is 4.44. The van der Waals surface area contributed by atoms with Gasteiger partial charge in [-0.25, -0.2) is 15.0 Å². The molecule has 0 bridgehead atoms. The number of piperidine rings is 1. The maximum absolute atomic E-state index is 14.6. The first-order chi connectivity index (χ1) is 27.1. The predicted molar refractivity (Wildman–Crippen MR) is 198 cm³/mol. The van der Waals surface area contributed by atoms with Crippen LogP contribution in [0.2, 0.25) is 5.02 Å². The van der Waals surface area contributed by atoms with Gasteiger partial charge in [-0.3, -0.25) is 14.4 Å². The van der Waals surface area contributed by atoms with Crippen molar-refractivity contribution in [3.05, 3.63) is 85.9 Å². The number of amides is 2. The van der Waals surface area contributed by atoms with Crippen LogP contribution in [0.4, 0.5) is 24.7 Å². The summed E-state index contributed by atoms with van der Waals surface area (Å²) < 4.78 is 54.7. The Balaban J connectivity index is 1.18. The number of carbonyl (C=O) groups is 2. The molecule has 2 saturated heterocycles. The van der Waals surface area contributed by atoms with Crippen molar-refractivity contribution in [2.45, 2.75) is 58.0 Å². The summed E-state index contributed by atoms with van der Waals surface area (Å²) in [5, 5.41) is 17.4. The minimum absolute atomic E-state index is 0.0220. The number of anilines is 2. The summed E-state index contributed by atoms with van der Waals surface area (Å²) in [6, 6.07) is 6.27. The van der Waals surface area contributed by atoms with Crippen LogP contribution in [0.3, 0.4) is 0 Å². The van der Waals surface area contributed by atoms with Crippen molar-refractivity contribution in [2.75, 3.05) is 49.6 Å². The number of hydrogen-bond acceptors (Lipinski definition) is 12. The molecule has 1 unspecified atom stereocenters. The van der Waals surface area contributed by atoms with E-state index in [-0.39, 0.29) is 70.9 Å². The molecule has 1 atom stereocenters. The van der Waals surface area contributed by atoms with E-state index in [1.54, 1.807) is 20.8 Å².